The highest BCUT2D eigenvalue weighted by Crippen LogP contribution is 2.24. The first-order valence-electron chi connectivity index (χ1n) is 24.2. The molecule has 318 valence electrons. The minimum Gasteiger partial charge on any atom is -0.465 e. The Morgan fingerprint density at radius 1 is 0.434 bits per heavy atom. The average Bonchev–Trinajstić information content (AvgIpc) is 3.16. The number of hydrogen-bond donors (Lipinski definition) is 1. The molecule has 0 saturated carbocycles. The third-order valence-corrected chi connectivity index (χ3v) is 11.5. The van der Waals surface area contributed by atoms with E-state index in [1.807, 2.05) is 0 Å². The second-order valence-electron chi connectivity index (χ2n) is 16.7. The predicted octanol–water partition coefficient (Wildman–Crippen LogP) is 14.8. The number of aliphatic hydroxyl groups is 1. The second-order valence-corrected chi connectivity index (χ2v) is 16.7. The molecule has 5 heteroatoms. The lowest BCUT2D eigenvalue weighted by atomic mass is 9.93. The van der Waals surface area contributed by atoms with Gasteiger partial charge in [0.1, 0.15) is 0 Å². The summed E-state index contributed by atoms with van der Waals surface area (Å²) in [5.41, 5.74) is 0. The summed E-state index contributed by atoms with van der Waals surface area (Å²) < 4.78 is 11.9. The molecule has 5 nitrogen and oxygen atoms in total. The quantitative estimate of drug-likeness (QED) is 0.0382. The van der Waals surface area contributed by atoms with Crippen LogP contribution in [0.3, 0.4) is 0 Å². The van der Waals surface area contributed by atoms with E-state index in [1.54, 1.807) is 0 Å². The van der Waals surface area contributed by atoms with Crippen molar-refractivity contribution in [1.82, 2.24) is 4.90 Å². The van der Waals surface area contributed by atoms with Crippen molar-refractivity contribution in [2.45, 2.75) is 259 Å². The summed E-state index contributed by atoms with van der Waals surface area (Å²) >= 11 is 0. The van der Waals surface area contributed by atoms with E-state index in [0.717, 1.165) is 51.4 Å². The molecule has 0 saturated heterocycles. The summed E-state index contributed by atoms with van der Waals surface area (Å²) in [6.07, 6.45) is 41.0. The van der Waals surface area contributed by atoms with Crippen LogP contribution in [0.1, 0.15) is 253 Å². The van der Waals surface area contributed by atoms with Crippen LogP contribution in [0.5, 0.6) is 0 Å². The zero-order chi connectivity index (χ0) is 38.9. The van der Waals surface area contributed by atoms with Crippen molar-refractivity contribution in [3.8, 4) is 0 Å². The van der Waals surface area contributed by atoms with Crippen LogP contribution in [0.4, 0.5) is 0 Å². The van der Waals surface area contributed by atoms with E-state index in [2.05, 4.69) is 39.5 Å². The van der Waals surface area contributed by atoms with E-state index < -0.39 is 6.29 Å². The largest absolute Gasteiger partial charge is 0.465 e. The van der Waals surface area contributed by atoms with Gasteiger partial charge in [-0.3, -0.25) is 4.79 Å². The Balaban J connectivity index is 4.28. The molecule has 1 N–H and O–H groups in total. The third kappa shape index (κ3) is 35.5. The van der Waals surface area contributed by atoms with Gasteiger partial charge in [0.2, 0.25) is 0 Å². The van der Waals surface area contributed by atoms with Crippen LogP contribution in [0.15, 0.2) is 0 Å². The Morgan fingerprint density at radius 3 is 1.28 bits per heavy atom. The number of aliphatic hydroxyl groups excluding tert-OH is 1. The van der Waals surface area contributed by atoms with Crippen LogP contribution in [0.2, 0.25) is 0 Å². The van der Waals surface area contributed by atoms with E-state index in [9.17, 15) is 9.90 Å². The fraction of sp³-hybridized carbons (Fsp3) is 0.979. The van der Waals surface area contributed by atoms with Crippen molar-refractivity contribution in [3.63, 3.8) is 0 Å². The van der Waals surface area contributed by atoms with E-state index in [-0.39, 0.29) is 11.9 Å². The van der Waals surface area contributed by atoms with Crippen LogP contribution in [-0.2, 0) is 14.3 Å². The molecule has 3 atom stereocenters. The third-order valence-electron chi connectivity index (χ3n) is 11.5. The highest BCUT2D eigenvalue weighted by atomic mass is 16.6. The number of ether oxygens (including phenoxy) is 2. The summed E-state index contributed by atoms with van der Waals surface area (Å²) in [6, 6.07) is 0. The normalized spacial score (nSPS) is 13.5. The number of unbranched alkanes of at least 4 members (excludes halogenated alkanes) is 23. The summed E-state index contributed by atoms with van der Waals surface area (Å²) in [4.78, 5) is 15.6. The monoisotopic (exact) mass is 752 g/mol. The maximum absolute atomic E-state index is 13.0. The first-order valence-corrected chi connectivity index (χ1v) is 24.2. The van der Waals surface area contributed by atoms with Gasteiger partial charge in [-0.15, -0.1) is 0 Å². The molecular formula is C48H97NO4. The Morgan fingerprint density at radius 2 is 0.792 bits per heavy atom. The SMILES string of the molecule is CCCCCCCCC(CCCCCC)C(=O)OCCCCCCN(CCCC)CCCCCCOC(O)C(CCCCCC)CCCCCCCC. The van der Waals surface area contributed by atoms with Crippen LogP contribution in [-0.4, -0.2) is 55.1 Å². The van der Waals surface area contributed by atoms with Crippen molar-refractivity contribution in [3.05, 3.63) is 0 Å². The maximum atomic E-state index is 13.0. The van der Waals surface area contributed by atoms with Crippen molar-refractivity contribution in [1.29, 1.82) is 0 Å². The fourth-order valence-electron chi connectivity index (χ4n) is 7.75. The molecule has 0 spiro atoms. The van der Waals surface area contributed by atoms with E-state index >= 15 is 0 Å². The van der Waals surface area contributed by atoms with Gasteiger partial charge in [-0.2, -0.15) is 0 Å². The zero-order valence-electron chi connectivity index (χ0n) is 36.9. The lowest BCUT2D eigenvalue weighted by Gasteiger charge is -2.23. The molecular weight excluding hydrogens is 655 g/mol. The molecule has 0 aliphatic heterocycles. The summed E-state index contributed by atoms with van der Waals surface area (Å²) in [5.74, 6) is 0.493. The molecule has 3 unspecified atom stereocenters. The Labute approximate surface area is 333 Å². The smallest absolute Gasteiger partial charge is 0.308 e. The van der Waals surface area contributed by atoms with Gasteiger partial charge in [0.25, 0.3) is 0 Å². The van der Waals surface area contributed by atoms with Crippen LogP contribution < -0.4 is 0 Å². The van der Waals surface area contributed by atoms with Crippen molar-refractivity contribution in [2.75, 3.05) is 32.8 Å². The van der Waals surface area contributed by atoms with E-state index in [4.69, 9.17) is 9.47 Å². The van der Waals surface area contributed by atoms with Crippen LogP contribution >= 0.6 is 0 Å². The lowest BCUT2D eigenvalue weighted by molar-refractivity contribution is -0.149. The van der Waals surface area contributed by atoms with Gasteiger partial charge in [0.05, 0.1) is 12.5 Å². The molecule has 0 aromatic carbocycles. The molecule has 0 fully saturated rings. The molecule has 0 heterocycles. The van der Waals surface area contributed by atoms with Gasteiger partial charge in [-0.1, -0.05) is 195 Å². The van der Waals surface area contributed by atoms with Gasteiger partial charge in [-0.25, -0.2) is 0 Å². The van der Waals surface area contributed by atoms with Gasteiger partial charge in [-0.05, 0) is 77.4 Å². The summed E-state index contributed by atoms with van der Waals surface area (Å²) in [5, 5.41) is 10.9. The molecule has 0 aromatic heterocycles. The van der Waals surface area contributed by atoms with Gasteiger partial charge < -0.3 is 19.5 Å². The average molecular weight is 752 g/mol. The summed E-state index contributed by atoms with van der Waals surface area (Å²) in [6.45, 7) is 16.2. The van der Waals surface area contributed by atoms with Crippen molar-refractivity contribution >= 4 is 5.97 Å². The minimum atomic E-state index is -0.587. The Bertz CT molecular complexity index is 718. The molecule has 0 aromatic rings. The number of esters is 1. The van der Waals surface area contributed by atoms with Crippen LogP contribution in [0.25, 0.3) is 0 Å². The number of nitrogens with zero attached hydrogens (tertiary/aromatic N) is 1. The molecule has 0 aliphatic rings. The van der Waals surface area contributed by atoms with Gasteiger partial charge in [0, 0.05) is 12.5 Å². The second kappa shape index (κ2) is 42.5. The number of carbonyl (C=O) groups is 1. The predicted molar refractivity (Wildman–Crippen MR) is 232 cm³/mol. The fourth-order valence-corrected chi connectivity index (χ4v) is 7.75. The van der Waals surface area contributed by atoms with Crippen molar-refractivity contribution < 1.29 is 19.4 Å². The van der Waals surface area contributed by atoms with Crippen molar-refractivity contribution in [2.24, 2.45) is 11.8 Å². The molecule has 53 heavy (non-hydrogen) atoms. The first-order chi connectivity index (χ1) is 26.0. The van der Waals surface area contributed by atoms with Crippen LogP contribution in [0, 0.1) is 11.8 Å². The Hall–Kier alpha value is -0.650. The molecule has 0 radical (unpaired) electrons. The highest BCUT2D eigenvalue weighted by molar-refractivity contribution is 5.72. The van der Waals surface area contributed by atoms with Gasteiger partial charge in [0.15, 0.2) is 6.29 Å². The molecule has 0 aliphatic carbocycles. The zero-order valence-corrected chi connectivity index (χ0v) is 36.9. The maximum Gasteiger partial charge on any atom is 0.308 e. The molecule has 0 amide bonds. The lowest BCUT2D eigenvalue weighted by Crippen LogP contribution is -2.27. The highest BCUT2D eigenvalue weighted by Gasteiger charge is 2.20. The minimum absolute atomic E-state index is 0.0778. The van der Waals surface area contributed by atoms with Gasteiger partial charge >= 0.3 is 5.97 Å². The number of carbonyl (C=O) groups excluding carboxylic acids is 1. The summed E-state index contributed by atoms with van der Waals surface area (Å²) in [7, 11) is 0. The molecule has 0 bridgehead atoms. The standard InChI is InChI=1S/C48H97NO4/c1-6-11-16-20-22-30-38-45(36-28-18-13-8-3)47(50)52-43-34-26-24-32-41-49(40-15-10-5)42-33-25-27-35-44-53-48(51)46(37-29-19-14-9-4)39-31-23-21-17-12-7-2/h45-47,50H,6-44H2,1-5H3. The first kappa shape index (κ1) is 52.3. The topological polar surface area (TPSA) is 59.0 Å². The Kier molecular flexibility index (Phi) is 42.0. The molecule has 0 rings (SSSR count). The van der Waals surface area contributed by atoms with E-state index in [0.29, 0.717) is 19.1 Å². The van der Waals surface area contributed by atoms with E-state index in [1.165, 1.54) is 187 Å². The number of rotatable bonds is 44. The number of hydrogen-bond acceptors (Lipinski definition) is 5.